The van der Waals surface area contributed by atoms with E-state index in [4.69, 9.17) is 0 Å². The minimum Gasteiger partial charge on any atom is -0.359 e. The first-order valence-electron chi connectivity index (χ1n) is 7.65. The van der Waals surface area contributed by atoms with Gasteiger partial charge >= 0.3 is 5.54 Å². The van der Waals surface area contributed by atoms with Crippen LogP contribution in [0.3, 0.4) is 0 Å². The zero-order chi connectivity index (χ0) is 17.1. The Hall–Kier alpha value is -2.78. The molecule has 1 heterocycles. The molecule has 3 aliphatic rings. The third kappa shape index (κ3) is 1.46. The summed E-state index contributed by atoms with van der Waals surface area (Å²) in [5, 5.41) is 40.0. The van der Waals surface area contributed by atoms with Crippen LogP contribution < -0.4 is 4.90 Å². The number of nitro groups is 2. The van der Waals surface area contributed by atoms with Gasteiger partial charge in [-0.25, -0.2) is 0 Å². The van der Waals surface area contributed by atoms with Crippen molar-refractivity contribution < 1.29 is 19.4 Å². The summed E-state index contributed by atoms with van der Waals surface area (Å²) in [7, 11) is 0. The topological polar surface area (TPSA) is 139 Å². The van der Waals surface area contributed by atoms with Gasteiger partial charge in [-0.05, 0) is 17.7 Å². The van der Waals surface area contributed by atoms with E-state index in [0.717, 1.165) is 0 Å². The van der Waals surface area contributed by atoms with Crippen LogP contribution in [-0.2, 0) is 5.54 Å². The molecule has 0 N–H and O–H groups in total. The van der Waals surface area contributed by atoms with Gasteiger partial charge in [0.1, 0.15) is 11.8 Å². The second kappa shape index (κ2) is 4.62. The highest BCUT2D eigenvalue weighted by Crippen LogP contribution is 2.59. The highest BCUT2D eigenvalue weighted by molar-refractivity contribution is 5.35. The summed E-state index contributed by atoms with van der Waals surface area (Å²) < 4.78 is 4.65. The molecule has 0 saturated carbocycles. The van der Waals surface area contributed by atoms with E-state index in [2.05, 4.69) is 9.79 Å². The molecule has 0 amide bonds. The highest BCUT2D eigenvalue weighted by atomic mass is 16.8. The van der Waals surface area contributed by atoms with Gasteiger partial charge in [-0.1, -0.05) is 24.3 Å². The number of nitrogens with zero attached hydrogens (tertiary/aromatic N) is 4. The standard InChI is InChI=1S/C14H14N4O6/c19-16-11-9-5-1-3-7-13(9,17(20)21)10-6-2-4-8-14(10,18(22)23)12(11)15-24-16/h1-4,9-10H,5-8H2. The molecule has 4 rings (SSSR count). The predicted molar refractivity (Wildman–Crippen MR) is 76.8 cm³/mol. The molecule has 0 spiro atoms. The van der Waals surface area contributed by atoms with Gasteiger partial charge in [-0.15, -0.1) is 0 Å². The number of fused-ring (bicyclic) bond motifs is 6. The van der Waals surface area contributed by atoms with Crippen molar-refractivity contribution in [3.63, 3.8) is 0 Å². The molecule has 0 radical (unpaired) electrons. The van der Waals surface area contributed by atoms with Crippen molar-refractivity contribution in [2.24, 2.45) is 5.92 Å². The SMILES string of the molecule is O=[N+]([O-])C12CC=CCC1C1([N+](=O)[O-])CC=CCC1c1c2no[n+]1[O-]. The van der Waals surface area contributed by atoms with Crippen molar-refractivity contribution in [2.75, 3.05) is 0 Å². The Morgan fingerprint density at radius 1 is 1.12 bits per heavy atom. The van der Waals surface area contributed by atoms with Gasteiger partial charge in [0.05, 0.1) is 0 Å². The molecule has 1 aromatic rings. The maximum atomic E-state index is 12.1. The summed E-state index contributed by atoms with van der Waals surface area (Å²) in [4.78, 5) is 23.3. The van der Waals surface area contributed by atoms with Crippen LogP contribution in [0.2, 0.25) is 0 Å². The van der Waals surface area contributed by atoms with Crippen molar-refractivity contribution in [3.8, 4) is 0 Å². The Balaban J connectivity index is 2.10. The van der Waals surface area contributed by atoms with Crippen LogP contribution in [0, 0.1) is 31.4 Å². The molecular formula is C14H14N4O6. The summed E-state index contributed by atoms with van der Waals surface area (Å²) in [6.45, 7) is 0. The van der Waals surface area contributed by atoms with Crippen molar-refractivity contribution in [2.45, 2.75) is 42.7 Å². The van der Waals surface area contributed by atoms with E-state index in [1.807, 2.05) is 0 Å². The zero-order valence-electron chi connectivity index (χ0n) is 12.5. The fraction of sp³-hybridized carbons (Fsp3) is 0.571. The van der Waals surface area contributed by atoms with Crippen LogP contribution >= 0.6 is 0 Å². The molecule has 3 aliphatic carbocycles. The second-order valence-corrected chi connectivity index (χ2v) is 6.52. The number of aromatic nitrogens is 2. The summed E-state index contributed by atoms with van der Waals surface area (Å²) >= 11 is 0. The van der Waals surface area contributed by atoms with E-state index in [-0.39, 0.29) is 42.0 Å². The van der Waals surface area contributed by atoms with Crippen LogP contribution in [0.4, 0.5) is 0 Å². The molecule has 126 valence electrons. The average molecular weight is 334 g/mol. The fourth-order valence-electron chi connectivity index (χ4n) is 4.76. The number of allylic oxidation sites excluding steroid dienone is 2. The zero-order valence-corrected chi connectivity index (χ0v) is 12.5. The molecule has 10 nitrogen and oxygen atoms in total. The molecule has 4 unspecified atom stereocenters. The van der Waals surface area contributed by atoms with Crippen molar-refractivity contribution in [1.29, 1.82) is 0 Å². The van der Waals surface area contributed by atoms with Gasteiger partial charge in [0, 0.05) is 27.8 Å². The van der Waals surface area contributed by atoms with Crippen molar-refractivity contribution in [1.82, 2.24) is 5.16 Å². The Morgan fingerprint density at radius 3 is 2.54 bits per heavy atom. The highest BCUT2D eigenvalue weighted by Gasteiger charge is 2.77. The second-order valence-electron chi connectivity index (χ2n) is 6.52. The molecule has 0 aliphatic heterocycles. The lowest BCUT2D eigenvalue weighted by Crippen LogP contribution is -2.66. The smallest absolute Gasteiger partial charge is 0.306 e. The summed E-state index contributed by atoms with van der Waals surface area (Å²) in [6.07, 6.45) is 7.25. The van der Waals surface area contributed by atoms with E-state index in [1.165, 1.54) is 0 Å². The van der Waals surface area contributed by atoms with Crippen LogP contribution in [0.1, 0.15) is 43.0 Å². The first-order chi connectivity index (χ1) is 11.5. The maximum absolute atomic E-state index is 12.1. The Kier molecular flexibility index (Phi) is 2.85. The minimum atomic E-state index is -1.81. The molecule has 0 saturated heterocycles. The van der Waals surface area contributed by atoms with Crippen LogP contribution in [-0.4, -0.2) is 20.5 Å². The third-order valence-corrected chi connectivity index (χ3v) is 5.79. The van der Waals surface area contributed by atoms with E-state index >= 15 is 0 Å². The number of hydrogen-bond acceptors (Lipinski definition) is 7. The summed E-state index contributed by atoms with van der Waals surface area (Å²) in [5.74, 6) is -1.69. The van der Waals surface area contributed by atoms with Gasteiger partial charge in [-0.3, -0.25) is 24.9 Å². The first kappa shape index (κ1) is 14.8. The normalized spacial score (nSPS) is 36.5. The lowest BCUT2D eigenvalue weighted by molar-refractivity contribution is -0.811. The molecule has 24 heavy (non-hydrogen) atoms. The van der Waals surface area contributed by atoms with Gasteiger partial charge in [0.15, 0.2) is 0 Å². The number of rotatable bonds is 2. The van der Waals surface area contributed by atoms with Gasteiger partial charge < -0.3 is 5.21 Å². The largest absolute Gasteiger partial charge is 0.359 e. The predicted octanol–water partition coefficient (Wildman–Crippen LogP) is 1.21. The summed E-state index contributed by atoms with van der Waals surface area (Å²) in [5.41, 5.74) is -3.55. The summed E-state index contributed by atoms with van der Waals surface area (Å²) in [6, 6.07) is 0. The molecule has 0 aromatic carbocycles. The van der Waals surface area contributed by atoms with Gasteiger partial charge in [0.25, 0.3) is 5.69 Å². The van der Waals surface area contributed by atoms with Gasteiger partial charge in [-0.2, -0.15) is 0 Å². The lowest BCUT2D eigenvalue weighted by Gasteiger charge is -2.46. The Labute approximate surface area is 135 Å². The van der Waals surface area contributed by atoms with Crippen LogP contribution in [0.15, 0.2) is 28.9 Å². The molecule has 0 fully saturated rings. The minimum absolute atomic E-state index is 0.0450. The van der Waals surface area contributed by atoms with E-state index < -0.39 is 32.8 Å². The molecular weight excluding hydrogens is 320 g/mol. The number of hydrogen-bond donors (Lipinski definition) is 0. The van der Waals surface area contributed by atoms with Gasteiger partial charge in [0.2, 0.25) is 11.2 Å². The van der Waals surface area contributed by atoms with Crippen LogP contribution in [0.5, 0.6) is 0 Å². The molecule has 10 heteroatoms. The van der Waals surface area contributed by atoms with Crippen LogP contribution in [0.25, 0.3) is 0 Å². The van der Waals surface area contributed by atoms with E-state index in [9.17, 15) is 25.4 Å². The molecule has 0 bridgehead atoms. The molecule has 1 aromatic heterocycles. The quantitative estimate of drug-likeness (QED) is 0.342. The average Bonchev–Trinajstić information content (AvgIpc) is 2.97. The van der Waals surface area contributed by atoms with Crippen molar-refractivity contribution >= 4 is 0 Å². The monoisotopic (exact) mass is 334 g/mol. The Bertz CT molecular complexity index is 801. The van der Waals surface area contributed by atoms with E-state index in [0.29, 0.717) is 0 Å². The van der Waals surface area contributed by atoms with Crippen molar-refractivity contribution in [3.05, 3.63) is 61.1 Å². The first-order valence-corrected chi connectivity index (χ1v) is 7.65. The Morgan fingerprint density at radius 2 is 1.83 bits per heavy atom. The molecule has 4 atom stereocenters. The lowest BCUT2D eigenvalue weighted by atomic mass is 9.53. The van der Waals surface area contributed by atoms with E-state index in [1.54, 1.807) is 24.3 Å². The third-order valence-electron chi connectivity index (χ3n) is 5.79. The fourth-order valence-corrected chi connectivity index (χ4v) is 4.76. The maximum Gasteiger partial charge on any atom is 0.306 e.